The van der Waals surface area contributed by atoms with E-state index >= 15 is 0 Å². The fourth-order valence-corrected chi connectivity index (χ4v) is 1.93. The third-order valence-corrected chi connectivity index (χ3v) is 2.75. The third-order valence-electron chi connectivity index (χ3n) is 2.75. The lowest BCUT2D eigenvalue weighted by Gasteiger charge is -1.97. The first-order valence-electron chi connectivity index (χ1n) is 5.31. The van der Waals surface area contributed by atoms with Crippen LogP contribution in [0.4, 0.5) is 0 Å². The zero-order valence-electron chi connectivity index (χ0n) is 9.47. The molecule has 2 N–H and O–H groups in total. The number of hydrogen-bond acceptors (Lipinski definition) is 4. The maximum absolute atomic E-state index is 10.8. The second-order valence-electron chi connectivity index (χ2n) is 3.92. The summed E-state index contributed by atoms with van der Waals surface area (Å²) in [6.07, 6.45) is 0. The first kappa shape index (κ1) is 10.5. The van der Waals surface area contributed by atoms with Crippen LogP contribution in [-0.2, 0) is 0 Å². The van der Waals surface area contributed by atoms with E-state index in [1.54, 1.807) is 0 Å². The number of carbonyl (C=O) groups is 1. The van der Waals surface area contributed by atoms with E-state index in [0.717, 1.165) is 16.6 Å². The number of carboxylic acid groups (broad SMARTS) is 1. The Bertz CT molecular complexity index is 742. The van der Waals surface area contributed by atoms with Gasteiger partial charge in [-0.25, -0.2) is 4.79 Å². The molecule has 0 spiro atoms. The molecule has 0 unspecified atom stereocenters. The molecule has 0 atom stereocenters. The zero-order valence-corrected chi connectivity index (χ0v) is 9.47. The van der Waals surface area contributed by atoms with E-state index < -0.39 is 5.97 Å². The lowest BCUT2D eigenvalue weighted by atomic mass is 10.1. The summed E-state index contributed by atoms with van der Waals surface area (Å²) in [4.78, 5) is 10.8. The van der Waals surface area contributed by atoms with Gasteiger partial charge in [0.15, 0.2) is 5.58 Å². The third kappa shape index (κ3) is 1.46. The number of benzene rings is 1. The summed E-state index contributed by atoms with van der Waals surface area (Å²) in [6, 6.07) is 6.97. The standard InChI is InChI=1S/C12H9N3O3/c1-6-11-7(3-2-4-10(11)18-15-6)8-5-9(12(16)17)14-13-8/h2-5H,1H3,(H,13,14)(H,16,17). The Balaban J connectivity index is 2.24. The molecule has 6 nitrogen and oxygen atoms in total. The van der Waals surface area contributed by atoms with Gasteiger partial charge in [0.1, 0.15) is 5.69 Å². The number of rotatable bonds is 2. The molecule has 0 saturated heterocycles. The Morgan fingerprint density at radius 3 is 3.00 bits per heavy atom. The van der Waals surface area contributed by atoms with Crippen molar-refractivity contribution in [1.82, 2.24) is 15.4 Å². The molecule has 1 aromatic carbocycles. The van der Waals surface area contributed by atoms with E-state index in [1.807, 2.05) is 25.1 Å². The number of hydrogen-bond donors (Lipinski definition) is 2. The number of carboxylic acids is 1. The largest absolute Gasteiger partial charge is 0.477 e. The number of aromatic nitrogens is 3. The van der Waals surface area contributed by atoms with E-state index in [1.165, 1.54) is 6.07 Å². The van der Waals surface area contributed by atoms with Crippen LogP contribution >= 0.6 is 0 Å². The van der Waals surface area contributed by atoms with Crippen molar-refractivity contribution in [1.29, 1.82) is 0 Å². The summed E-state index contributed by atoms with van der Waals surface area (Å²) < 4.78 is 5.16. The Kier molecular flexibility index (Phi) is 2.16. The van der Waals surface area contributed by atoms with Crippen molar-refractivity contribution in [2.24, 2.45) is 0 Å². The minimum Gasteiger partial charge on any atom is -0.477 e. The molecule has 3 aromatic rings. The van der Waals surface area contributed by atoms with Crippen LogP contribution in [0.15, 0.2) is 28.8 Å². The highest BCUT2D eigenvalue weighted by Crippen LogP contribution is 2.29. The van der Waals surface area contributed by atoms with Gasteiger partial charge < -0.3 is 9.63 Å². The molecule has 3 rings (SSSR count). The summed E-state index contributed by atoms with van der Waals surface area (Å²) >= 11 is 0. The van der Waals surface area contributed by atoms with Crippen molar-refractivity contribution < 1.29 is 14.4 Å². The van der Waals surface area contributed by atoms with Gasteiger partial charge in [-0.2, -0.15) is 5.10 Å². The highest BCUT2D eigenvalue weighted by molar-refractivity contribution is 5.95. The molecule has 90 valence electrons. The molecular weight excluding hydrogens is 234 g/mol. The number of aryl methyl sites for hydroxylation is 1. The van der Waals surface area contributed by atoms with Crippen LogP contribution < -0.4 is 0 Å². The lowest BCUT2D eigenvalue weighted by Crippen LogP contribution is -1.95. The number of nitrogens with one attached hydrogen (secondary N) is 1. The lowest BCUT2D eigenvalue weighted by molar-refractivity contribution is 0.0690. The molecule has 2 heterocycles. The fraction of sp³-hybridized carbons (Fsp3) is 0.0833. The van der Waals surface area contributed by atoms with Crippen molar-refractivity contribution in [3.63, 3.8) is 0 Å². The van der Waals surface area contributed by atoms with E-state index in [-0.39, 0.29) is 5.69 Å². The second-order valence-corrected chi connectivity index (χ2v) is 3.92. The van der Waals surface area contributed by atoms with E-state index in [4.69, 9.17) is 9.63 Å². The second kappa shape index (κ2) is 3.69. The van der Waals surface area contributed by atoms with E-state index in [0.29, 0.717) is 11.3 Å². The first-order valence-corrected chi connectivity index (χ1v) is 5.31. The molecule has 0 saturated carbocycles. The SMILES string of the molecule is Cc1noc2cccc(-c3cc(C(=O)O)[nH]n3)c12. The van der Waals surface area contributed by atoms with Gasteiger partial charge in [-0.3, -0.25) is 5.10 Å². The smallest absolute Gasteiger partial charge is 0.353 e. The predicted octanol–water partition coefficient (Wildman–Crippen LogP) is 2.22. The topological polar surface area (TPSA) is 92.0 Å². The molecule has 0 aliphatic heterocycles. The number of nitrogens with zero attached hydrogens (tertiary/aromatic N) is 2. The molecule has 0 fully saturated rings. The van der Waals surface area contributed by atoms with Gasteiger partial charge in [-0.1, -0.05) is 17.3 Å². The van der Waals surface area contributed by atoms with Gasteiger partial charge in [-0.15, -0.1) is 0 Å². The van der Waals surface area contributed by atoms with Crippen molar-refractivity contribution in [2.45, 2.75) is 6.92 Å². The minimum absolute atomic E-state index is 0.0520. The van der Waals surface area contributed by atoms with Crippen LogP contribution in [0, 0.1) is 6.92 Å². The molecule has 2 aromatic heterocycles. The van der Waals surface area contributed by atoms with Crippen LogP contribution in [0.3, 0.4) is 0 Å². The van der Waals surface area contributed by atoms with Crippen LogP contribution in [0.25, 0.3) is 22.2 Å². The molecule has 0 aliphatic carbocycles. The maximum atomic E-state index is 10.8. The molecular formula is C12H9N3O3. The Morgan fingerprint density at radius 1 is 1.44 bits per heavy atom. The van der Waals surface area contributed by atoms with Gasteiger partial charge in [-0.05, 0) is 19.1 Å². The molecule has 18 heavy (non-hydrogen) atoms. The van der Waals surface area contributed by atoms with Crippen LogP contribution in [0.2, 0.25) is 0 Å². The Labute approximate surface area is 101 Å². The summed E-state index contributed by atoms with van der Waals surface area (Å²) in [7, 11) is 0. The minimum atomic E-state index is -1.04. The van der Waals surface area contributed by atoms with Crippen LogP contribution in [-0.4, -0.2) is 26.4 Å². The molecule has 0 bridgehead atoms. The van der Waals surface area contributed by atoms with Gasteiger partial charge in [0.25, 0.3) is 0 Å². The van der Waals surface area contributed by atoms with Gasteiger partial charge in [0.2, 0.25) is 0 Å². The van der Waals surface area contributed by atoms with Gasteiger partial charge in [0.05, 0.1) is 16.8 Å². The van der Waals surface area contributed by atoms with Crippen molar-refractivity contribution >= 4 is 16.9 Å². The van der Waals surface area contributed by atoms with Crippen molar-refractivity contribution in [3.05, 3.63) is 35.7 Å². The zero-order chi connectivity index (χ0) is 12.7. The van der Waals surface area contributed by atoms with Gasteiger partial charge in [0, 0.05) is 5.56 Å². The highest BCUT2D eigenvalue weighted by atomic mass is 16.5. The number of H-pyrrole nitrogens is 1. The summed E-state index contributed by atoms with van der Waals surface area (Å²) in [5.41, 5.74) is 2.82. The molecule has 0 radical (unpaired) electrons. The maximum Gasteiger partial charge on any atom is 0.353 e. The predicted molar refractivity (Wildman–Crippen MR) is 63.3 cm³/mol. The Morgan fingerprint density at radius 2 is 2.28 bits per heavy atom. The fourth-order valence-electron chi connectivity index (χ4n) is 1.93. The summed E-state index contributed by atoms with van der Waals surface area (Å²) in [5, 5.41) is 20.1. The number of aromatic amines is 1. The van der Waals surface area contributed by atoms with E-state index in [9.17, 15) is 4.79 Å². The van der Waals surface area contributed by atoms with Crippen LogP contribution in [0.1, 0.15) is 16.2 Å². The van der Waals surface area contributed by atoms with E-state index in [2.05, 4.69) is 15.4 Å². The van der Waals surface area contributed by atoms with Crippen molar-refractivity contribution in [2.75, 3.05) is 0 Å². The normalized spacial score (nSPS) is 10.9. The summed E-state index contributed by atoms with van der Waals surface area (Å²) in [5.74, 6) is -1.04. The Hall–Kier alpha value is -2.63. The summed E-state index contributed by atoms with van der Waals surface area (Å²) in [6.45, 7) is 1.83. The van der Waals surface area contributed by atoms with Gasteiger partial charge >= 0.3 is 5.97 Å². The number of fused-ring (bicyclic) bond motifs is 1. The quantitative estimate of drug-likeness (QED) is 0.720. The first-order chi connectivity index (χ1) is 8.66. The average Bonchev–Trinajstić information content (AvgIpc) is 2.96. The number of aromatic carboxylic acids is 1. The highest BCUT2D eigenvalue weighted by Gasteiger charge is 2.14. The van der Waals surface area contributed by atoms with Crippen molar-refractivity contribution in [3.8, 4) is 11.3 Å². The molecule has 0 amide bonds. The molecule has 0 aliphatic rings. The molecule has 6 heteroatoms. The monoisotopic (exact) mass is 243 g/mol. The van der Waals surface area contributed by atoms with Crippen LogP contribution in [0.5, 0.6) is 0 Å². The average molecular weight is 243 g/mol.